The molecular formula is C24H21ClF2N6O3. The zero-order valence-corrected chi connectivity index (χ0v) is 19.8. The molecule has 0 radical (unpaired) electrons. The highest BCUT2D eigenvalue weighted by molar-refractivity contribution is 6.20. The lowest BCUT2D eigenvalue weighted by Gasteiger charge is -2.22. The van der Waals surface area contributed by atoms with Gasteiger partial charge in [-0.2, -0.15) is 5.26 Å². The fraction of sp³-hybridized carbons (Fsp3) is 0.250. The van der Waals surface area contributed by atoms with Crippen molar-refractivity contribution in [3.8, 4) is 11.8 Å². The van der Waals surface area contributed by atoms with E-state index in [0.717, 1.165) is 0 Å². The summed E-state index contributed by atoms with van der Waals surface area (Å²) in [5, 5.41) is 25.4. The maximum Gasteiger partial charge on any atom is 0.487 e. The summed E-state index contributed by atoms with van der Waals surface area (Å²) < 4.78 is 29.8. The average molecular weight is 515 g/mol. The molecule has 1 saturated heterocycles. The van der Waals surface area contributed by atoms with Gasteiger partial charge in [-0.05, 0) is 49.2 Å². The van der Waals surface area contributed by atoms with Gasteiger partial charge in [0.2, 0.25) is 0 Å². The Morgan fingerprint density at radius 3 is 2.67 bits per heavy atom. The number of rotatable bonds is 7. The Balaban J connectivity index is 1.61. The van der Waals surface area contributed by atoms with Gasteiger partial charge >= 0.3 is 5.57 Å². The minimum Gasteiger partial charge on any atom is -0.420 e. The van der Waals surface area contributed by atoms with Crippen LogP contribution in [0, 0.1) is 18.3 Å². The normalized spacial score (nSPS) is 15.3. The number of carbonyl (C=O) groups is 1. The third-order valence-electron chi connectivity index (χ3n) is 5.45. The standard InChI is InChI=1S/C24H21ClF2N6O3/c1-14-10-29-12-21(19(14)9-28)32-20-8-15(11-30-22(20)33-7-6-17(34)13-33)23(35)31-16-2-4-18(5-3-16)36-24(25,26)27/h2-5,8,10-12,17,32,34H,6-7,13H2,1H3,(H,31,35)/t17-/m1/s1. The van der Waals surface area contributed by atoms with E-state index in [1.807, 2.05) is 4.90 Å². The first kappa shape index (κ1) is 25.1. The molecule has 3 heterocycles. The Labute approximate surface area is 210 Å². The van der Waals surface area contributed by atoms with E-state index in [-0.39, 0.29) is 11.3 Å². The van der Waals surface area contributed by atoms with Crippen LogP contribution in [0.5, 0.6) is 5.75 Å². The van der Waals surface area contributed by atoms with Gasteiger partial charge in [0.1, 0.15) is 11.8 Å². The summed E-state index contributed by atoms with van der Waals surface area (Å²) in [6, 6.07) is 8.99. The molecule has 1 atom stereocenters. The Morgan fingerprint density at radius 1 is 1.28 bits per heavy atom. The predicted molar refractivity (Wildman–Crippen MR) is 130 cm³/mol. The molecule has 186 valence electrons. The number of aryl methyl sites for hydroxylation is 1. The third kappa shape index (κ3) is 5.97. The molecule has 0 bridgehead atoms. The van der Waals surface area contributed by atoms with Gasteiger partial charge in [-0.3, -0.25) is 9.78 Å². The summed E-state index contributed by atoms with van der Waals surface area (Å²) in [7, 11) is 0. The van der Waals surface area contributed by atoms with Crippen LogP contribution in [0.2, 0.25) is 0 Å². The van der Waals surface area contributed by atoms with E-state index in [1.54, 1.807) is 19.2 Å². The Kier molecular flexibility index (Phi) is 7.19. The van der Waals surface area contributed by atoms with Gasteiger partial charge in [-0.15, -0.1) is 8.78 Å². The van der Waals surface area contributed by atoms with Crippen molar-refractivity contribution < 1.29 is 23.4 Å². The van der Waals surface area contributed by atoms with Crippen LogP contribution in [0.3, 0.4) is 0 Å². The fourth-order valence-electron chi connectivity index (χ4n) is 3.76. The lowest BCUT2D eigenvalue weighted by Crippen LogP contribution is -2.24. The Morgan fingerprint density at radius 2 is 2.03 bits per heavy atom. The van der Waals surface area contributed by atoms with Crippen molar-refractivity contribution in [2.24, 2.45) is 0 Å². The predicted octanol–water partition coefficient (Wildman–Crippen LogP) is 4.39. The second-order valence-electron chi connectivity index (χ2n) is 8.13. The van der Waals surface area contributed by atoms with Gasteiger partial charge in [0.25, 0.3) is 5.91 Å². The number of carbonyl (C=O) groups excluding carboxylic acids is 1. The van der Waals surface area contributed by atoms with Crippen molar-refractivity contribution in [1.29, 1.82) is 5.26 Å². The van der Waals surface area contributed by atoms with Crippen LogP contribution in [0.1, 0.15) is 27.9 Å². The number of ether oxygens (including phenoxy) is 1. The van der Waals surface area contributed by atoms with Crippen LogP contribution >= 0.6 is 11.6 Å². The van der Waals surface area contributed by atoms with Crippen molar-refractivity contribution in [2.45, 2.75) is 25.0 Å². The fourth-order valence-corrected chi connectivity index (χ4v) is 3.85. The first-order valence-corrected chi connectivity index (χ1v) is 11.2. The van der Waals surface area contributed by atoms with Crippen LogP contribution in [0.25, 0.3) is 0 Å². The minimum atomic E-state index is -3.84. The molecule has 12 heteroatoms. The number of nitriles is 1. The summed E-state index contributed by atoms with van der Waals surface area (Å²) in [5.74, 6) is -0.159. The number of nitrogens with one attached hydrogen (secondary N) is 2. The molecule has 9 nitrogen and oxygen atoms in total. The third-order valence-corrected chi connectivity index (χ3v) is 5.53. The van der Waals surface area contributed by atoms with E-state index in [0.29, 0.717) is 53.5 Å². The lowest BCUT2D eigenvalue weighted by atomic mass is 10.1. The number of hydrogen-bond acceptors (Lipinski definition) is 8. The molecular weight excluding hydrogens is 494 g/mol. The summed E-state index contributed by atoms with van der Waals surface area (Å²) >= 11 is 4.76. The molecule has 36 heavy (non-hydrogen) atoms. The number of aliphatic hydroxyl groups is 1. The van der Waals surface area contributed by atoms with Crippen molar-refractivity contribution in [2.75, 3.05) is 28.6 Å². The highest BCUT2D eigenvalue weighted by Gasteiger charge is 2.28. The maximum atomic E-state index is 12.9. The van der Waals surface area contributed by atoms with Gasteiger partial charge in [0.05, 0.1) is 34.8 Å². The number of nitrogens with zero attached hydrogens (tertiary/aromatic N) is 4. The first-order valence-electron chi connectivity index (χ1n) is 10.8. The molecule has 1 aliphatic heterocycles. The number of pyridine rings is 2. The SMILES string of the molecule is Cc1cncc(Nc2cc(C(=O)Nc3ccc(OC(F)(F)Cl)cc3)cnc2N2CC[C@@H](O)C2)c1C#N. The summed E-state index contributed by atoms with van der Waals surface area (Å²) in [5.41, 5.74) is -1.32. The highest BCUT2D eigenvalue weighted by atomic mass is 35.5. The minimum absolute atomic E-state index is 0.168. The van der Waals surface area contributed by atoms with E-state index in [2.05, 4.69) is 31.4 Å². The zero-order chi connectivity index (χ0) is 25.9. The molecule has 0 spiro atoms. The maximum absolute atomic E-state index is 12.9. The van der Waals surface area contributed by atoms with Gasteiger partial charge in [-0.25, -0.2) is 4.98 Å². The number of benzene rings is 1. The molecule has 3 aromatic rings. The van der Waals surface area contributed by atoms with E-state index in [1.165, 1.54) is 36.7 Å². The smallest absolute Gasteiger partial charge is 0.420 e. The topological polar surface area (TPSA) is 123 Å². The van der Waals surface area contributed by atoms with Crippen molar-refractivity contribution in [3.05, 3.63) is 65.6 Å². The van der Waals surface area contributed by atoms with Crippen LogP contribution < -0.4 is 20.3 Å². The highest BCUT2D eigenvalue weighted by Crippen LogP contribution is 2.32. The number of β-amino-alcohol motifs (C(OH)–C–C–N with tert-alkyl or cyclic N) is 1. The average Bonchev–Trinajstić information content (AvgIpc) is 3.25. The van der Waals surface area contributed by atoms with E-state index >= 15 is 0 Å². The van der Waals surface area contributed by atoms with Crippen LogP contribution in [-0.2, 0) is 0 Å². The summed E-state index contributed by atoms with van der Waals surface area (Å²) in [6.07, 6.45) is 4.56. The molecule has 0 aliphatic carbocycles. The molecule has 2 aromatic heterocycles. The Bertz CT molecular complexity index is 1310. The number of aromatic nitrogens is 2. The number of halogens is 3. The second kappa shape index (κ2) is 10.3. The van der Waals surface area contributed by atoms with Crippen LogP contribution in [0.4, 0.5) is 31.7 Å². The first-order chi connectivity index (χ1) is 17.1. The Hall–Kier alpha value is -4.01. The van der Waals surface area contributed by atoms with E-state index in [4.69, 9.17) is 11.6 Å². The van der Waals surface area contributed by atoms with E-state index in [9.17, 15) is 23.9 Å². The molecule has 0 unspecified atom stereocenters. The quantitative estimate of drug-likeness (QED) is 0.397. The number of alkyl halides is 3. The molecule has 1 aliphatic rings. The van der Waals surface area contributed by atoms with Crippen molar-refractivity contribution in [3.63, 3.8) is 0 Å². The number of anilines is 4. The van der Waals surface area contributed by atoms with Gasteiger partial charge < -0.3 is 25.4 Å². The van der Waals surface area contributed by atoms with Crippen molar-refractivity contribution >= 4 is 40.4 Å². The zero-order valence-electron chi connectivity index (χ0n) is 19.0. The number of aliphatic hydroxyl groups excluding tert-OH is 1. The molecule has 0 saturated carbocycles. The monoisotopic (exact) mass is 514 g/mol. The lowest BCUT2D eigenvalue weighted by molar-refractivity contribution is -0.0964. The van der Waals surface area contributed by atoms with Crippen LogP contribution in [0.15, 0.2) is 48.9 Å². The van der Waals surface area contributed by atoms with Gasteiger partial charge in [0.15, 0.2) is 5.82 Å². The van der Waals surface area contributed by atoms with E-state index < -0.39 is 17.6 Å². The van der Waals surface area contributed by atoms with Crippen LogP contribution in [-0.4, -0.2) is 45.7 Å². The number of hydrogen-bond donors (Lipinski definition) is 3. The molecule has 1 amide bonds. The molecule has 1 aromatic carbocycles. The molecule has 3 N–H and O–H groups in total. The number of amides is 1. The summed E-state index contributed by atoms with van der Waals surface area (Å²) in [4.78, 5) is 23.4. The van der Waals surface area contributed by atoms with Gasteiger partial charge in [0, 0.05) is 42.8 Å². The molecule has 4 rings (SSSR count). The van der Waals surface area contributed by atoms with Crippen molar-refractivity contribution in [1.82, 2.24) is 9.97 Å². The van der Waals surface area contributed by atoms with Gasteiger partial charge in [-0.1, -0.05) is 0 Å². The largest absolute Gasteiger partial charge is 0.487 e. The summed E-state index contributed by atoms with van der Waals surface area (Å²) in [6.45, 7) is 2.71. The molecule has 1 fully saturated rings. The second-order valence-corrected chi connectivity index (χ2v) is 8.57.